The van der Waals surface area contributed by atoms with Gasteiger partial charge in [0.15, 0.2) is 27.1 Å². The van der Waals surface area contributed by atoms with Gasteiger partial charge in [-0.2, -0.15) is 13.2 Å². The van der Waals surface area contributed by atoms with Gasteiger partial charge in [-0.15, -0.1) is 20.4 Å². The Morgan fingerprint density at radius 3 is 1.62 bits per heavy atom. The predicted molar refractivity (Wildman–Crippen MR) is 145 cm³/mol. The van der Waals surface area contributed by atoms with Crippen LogP contribution in [-0.4, -0.2) is 46.6 Å². The maximum Gasteiger partial charge on any atom is 0.416 e. The van der Waals surface area contributed by atoms with Crippen molar-refractivity contribution < 1.29 is 13.2 Å². The molecular formula is C25H21F3N8S3. The van der Waals surface area contributed by atoms with Crippen molar-refractivity contribution in [3.8, 4) is 22.8 Å². The number of nitrogens with one attached hydrogen (secondary N) is 2. The molecule has 0 aliphatic carbocycles. The second-order valence-electron chi connectivity index (χ2n) is 8.65. The fourth-order valence-corrected chi connectivity index (χ4v) is 5.85. The van der Waals surface area contributed by atoms with E-state index in [2.05, 4.69) is 46.4 Å². The van der Waals surface area contributed by atoms with Gasteiger partial charge in [0.2, 0.25) is 0 Å². The molecule has 0 amide bonds. The summed E-state index contributed by atoms with van der Waals surface area (Å²) in [7, 11) is 0. The molecule has 0 aliphatic heterocycles. The maximum atomic E-state index is 13.3. The molecule has 8 nitrogen and oxygen atoms in total. The summed E-state index contributed by atoms with van der Waals surface area (Å²) in [6.45, 7) is 5.67. The standard InChI is InChI=1S/C25H21F3N8S3/c1-12-5-13(2)7-15(6-12)20-31-23(35-33-20)38-18-11-19(30-22(29-18)37-4)39-24-32-21(34-36-24)16-8-14(3)9-17(10-16)25(26,27)28/h5-11H,1-4H3,(H,31,33,35)(H,32,34,36). The van der Waals surface area contributed by atoms with Crippen LogP contribution in [-0.2, 0) is 6.18 Å². The van der Waals surface area contributed by atoms with Crippen molar-refractivity contribution in [1.82, 2.24) is 40.3 Å². The third kappa shape index (κ3) is 6.62. The zero-order valence-corrected chi connectivity index (χ0v) is 23.5. The van der Waals surface area contributed by atoms with Gasteiger partial charge < -0.3 is 9.97 Å². The van der Waals surface area contributed by atoms with Crippen molar-refractivity contribution in [3.63, 3.8) is 0 Å². The number of alkyl halides is 3. The Hall–Kier alpha value is -3.36. The summed E-state index contributed by atoms with van der Waals surface area (Å²) >= 11 is 3.90. The summed E-state index contributed by atoms with van der Waals surface area (Å²) in [6.07, 6.45) is -2.59. The number of aryl methyl sites for hydroxylation is 3. The number of hydrogen-bond acceptors (Lipinski definition) is 9. The molecule has 0 saturated heterocycles. The quantitative estimate of drug-likeness (QED) is 0.118. The number of hydrogen-bond donors (Lipinski definition) is 2. The Balaban J connectivity index is 1.36. The summed E-state index contributed by atoms with van der Waals surface area (Å²) in [5.41, 5.74) is 3.26. The molecule has 0 aliphatic rings. The van der Waals surface area contributed by atoms with E-state index in [0.29, 0.717) is 42.5 Å². The molecule has 5 rings (SSSR count). The van der Waals surface area contributed by atoms with Crippen LogP contribution in [0.2, 0.25) is 0 Å². The van der Waals surface area contributed by atoms with Crippen molar-refractivity contribution in [2.24, 2.45) is 0 Å². The minimum atomic E-state index is -4.45. The Morgan fingerprint density at radius 1 is 0.641 bits per heavy atom. The molecule has 200 valence electrons. The molecule has 2 N–H and O–H groups in total. The molecule has 2 aromatic carbocycles. The van der Waals surface area contributed by atoms with Crippen molar-refractivity contribution >= 4 is 35.3 Å². The highest BCUT2D eigenvalue weighted by atomic mass is 32.2. The summed E-state index contributed by atoms with van der Waals surface area (Å²) < 4.78 is 39.8. The Labute approximate surface area is 234 Å². The molecule has 5 aromatic rings. The first-order chi connectivity index (χ1) is 18.6. The third-order valence-corrected chi connectivity index (χ3v) is 7.49. The zero-order chi connectivity index (χ0) is 27.7. The average Bonchev–Trinajstić information content (AvgIpc) is 3.52. The second kappa shape index (κ2) is 11.0. The lowest BCUT2D eigenvalue weighted by Crippen LogP contribution is -2.05. The Kier molecular flexibility index (Phi) is 7.69. The Morgan fingerprint density at radius 2 is 1.13 bits per heavy atom. The third-order valence-electron chi connectivity index (χ3n) is 5.35. The van der Waals surface area contributed by atoms with Gasteiger partial charge in [-0.1, -0.05) is 29.0 Å². The largest absolute Gasteiger partial charge is 0.416 e. The van der Waals surface area contributed by atoms with Crippen LogP contribution in [0.15, 0.2) is 68.0 Å². The lowest BCUT2D eigenvalue weighted by molar-refractivity contribution is -0.137. The van der Waals surface area contributed by atoms with E-state index in [1.807, 2.05) is 32.2 Å². The van der Waals surface area contributed by atoms with Crippen molar-refractivity contribution in [2.45, 2.75) is 52.5 Å². The first-order valence-corrected chi connectivity index (χ1v) is 14.3. The molecule has 0 unspecified atom stereocenters. The van der Waals surface area contributed by atoms with Crippen LogP contribution in [0.3, 0.4) is 0 Å². The fraction of sp³-hybridized carbons (Fsp3) is 0.200. The number of aromatic amines is 2. The summed E-state index contributed by atoms with van der Waals surface area (Å²) in [5, 5.41) is 19.4. The van der Waals surface area contributed by atoms with E-state index in [1.54, 1.807) is 19.1 Å². The van der Waals surface area contributed by atoms with Gasteiger partial charge in [-0.25, -0.2) is 9.97 Å². The molecule has 3 aromatic heterocycles. The van der Waals surface area contributed by atoms with Crippen LogP contribution in [0.1, 0.15) is 22.3 Å². The van der Waals surface area contributed by atoms with Crippen molar-refractivity contribution in [3.05, 3.63) is 64.7 Å². The summed E-state index contributed by atoms with van der Waals surface area (Å²) in [5.74, 6) is 0.901. The van der Waals surface area contributed by atoms with Crippen molar-refractivity contribution in [2.75, 3.05) is 6.26 Å². The van der Waals surface area contributed by atoms with Gasteiger partial charge in [0, 0.05) is 17.2 Å². The minimum Gasteiger partial charge on any atom is -0.316 e. The van der Waals surface area contributed by atoms with Crippen LogP contribution in [0.5, 0.6) is 0 Å². The second-order valence-corrected chi connectivity index (χ2v) is 11.4. The van der Waals surface area contributed by atoms with Crippen LogP contribution >= 0.6 is 35.3 Å². The number of aromatic nitrogens is 8. The monoisotopic (exact) mass is 586 g/mol. The number of nitrogens with zero attached hydrogens (tertiary/aromatic N) is 6. The molecule has 0 bridgehead atoms. The molecule has 39 heavy (non-hydrogen) atoms. The first-order valence-electron chi connectivity index (χ1n) is 11.5. The highest BCUT2D eigenvalue weighted by Gasteiger charge is 2.31. The topological polar surface area (TPSA) is 109 Å². The molecule has 0 saturated carbocycles. The molecule has 0 radical (unpaired) electrons. The highest BCUT2D eigenvalue weighted by molar-refractivity contribution is 8.00. The van der Waals surface area contributed by atoms with Gasteiger partial charge in [0.05, 0.1) is 5.56 Å². The van der Waals surface area contributed by atoms with Gasteiger partial charge in [0.1, 0.15) is 10.1 Å². The van der Waals surface area contributed by atoms with E-state index >= 15 is 0 Å². The van der Waals surface area contributed by atoms with Crippen LogP contribution < -0.4 is 0 Å². The van der Waals surface area contributed by atoms with Crippen molar-refractivity contribution in [1.29, 1.82) is 0 Å². The molecule has 14 heteroatoms. The SMILES string of the molecule is CSc1nc(Sc2nnc(-c3cc(C)cc(C)c3)[nH]2)cc(Sc2nnc(-c3cc(C)cc(C(F)(F)F)c3)[nH]2)n1. The van der Waals surface area contributed by atoms with Gasteiger partial charge in [-0.3, -0.25) is 0 Å². The van der Waals surface area contributed by atoms with E-state index in [-0.39, 0.29) is 5.82 Å². The zero-order valence-electron chi connectivity index (χ0n) is 21.1. The van der Waals surface area contributed by atoms with E-state index < -0.39 is 11.7 Å². The van der Waals surface area contributed by atoms with Crippen LogP contribution in [0, 0.1) is 20.8 Å². The summed E-state index contributed by atoms with van der Waals surface area (Å²) in [4.78, 5) is 15.3. The van der Waals surface area contributed by atoms with Crippen LogP contribution in [0.4, 0.5) is 13.2 Å². The summed E-state index contributed by atoms with van der Waals surface area (Å²) in [6, 6.07) is 11.7. The molecular weight excluding hydrogens is 566 g/mol. The van der Waals surface area contributed by atoms with Crippen LogP contribution in [0.25, 0.3) is 22.8 Å². The van der Waals surface area contributed by atoms with Gasteiger partial charge >= 0.3 is 6.18 Å². The molecule has 0 atom stereocenters. The predicted octanol–water partition coefficient (Wildman–Crippen LogP) is 7.02. The van der Waals surface area contributed by atoms with E-state index in [9.17, 15) is 13.2 Å². The first kappa shape index (κ1) is 27.2. The minimum absolute atomic E-state index is 0.237. The number of rotatable bonds is 7. The number of benzene rings is 2. The van der Waals surface area contributed by atoms with Gasteiger partial charge in [0.25, 0.3) is 0 Å². The molecule has 3 heterocycles. The average molecular weight is 587 g/mol. The highest BCUT2D eigenvalue weighted by Crippen LogP contribution is 2.34. The molecule has 0 fully saturated rings. The van der Waals surface area contributed by atoms with E-state index in [0.717, 1.165) is 28.8 Å². The van der Waals surface area contributed by atoms with Gasteiger partial charge in [-0.05, 0) is 86.4 Å². The molecule has 0 spiro atoms. The smallest absolute Gasteiger partial charge is 0.316 e. The van der Waals surface area contributed by atoms with E-state index in [4.69, 9.17) is 0 Å². The Bertz CT molecular complexity index is 1630. The lowest BCUT2D eigenvalue weighted by Gasteiger charge is -2.09. The number of thioether (sulfide) groups is 1. The van der Waals surface area contributed by atoms with E-state index in [1.165, 1.54) is 35.3 Å². The fourth-order valence-electron chi connectivity index (χ4n) is 3.82. The number of halogens is 3. The normalized spacial score (nSPS) is 11.8. The number of H-pyrrole nitrogens is 2. The maximum absolute atomic E-state index is 13.3. The lowest BCUT2D eigenvalue weighted by atomic mass is 10.1.